The number of hydrogen-bond donors (Lipinski definition) is 2. The molecule has 0 radical (unpaired) electrons. The topological polar surface area (TPSA) is 125 Å². The quantitative estimate of drug-likeness (QED) is 0.722. The molecule has 0 amide bonds. The number of nitrogen functional groups attached to an aromatic ring is 1. The van der Waals surface area contributed by atoms with Crippen LogP contribution in [0.25, 0.3) is 11.2 Å². The number of aromatic nitrogens is 4. The lowest BCUT2D eigenvalue weighted by Crippen LogP contribution is -2.18. The average molecular weight is 355 g/mol. The van der Waals surface area contributed by atoms with E-state index in [1.165, 1.54) is 6.33 Å². The van der Waals surface area contributed by atoms with Gasteiger partial charge in [-0.3, -0.25) is 4.57 Å². The van der Waals surface area contributed by atoms with Gasteiger partial charge in [0.15, 0.2) is 11.5 Å². The van der Waals surface area contributed by atoms with Gasteiger partial charge in [-0.15, -0.1) is 0 Å². The predicted molar refractivity (Wildman–Crippen MR) is 88.3 cm³/mol. The molecule has 3 N–H and O–H groups in total. The third-order valence-corrected chi connectivity index (χ3v) is 5.12. The van der Waals surface area contributed by atoms with Crippen molar-refractivity contribution in [2.24, 2.45) is 0 Å². The van der Waals surface area contributed by atoms with E-state index >= 15 is 0 Å². The Kier molecular flexibility index (Phi) is 5.15. The summed E-state index contributed by atoms with van der Waals surface area (Å²) in [5.74, 6) is 0.317. The molecule has 0 spiro atoms. The third kappa shape index (κ3) is 4.10. The fourth-order valence-electron chi connectivity index (χ4n) is 2.84. The number of ether oxygens (including phenoxy) is 1. The number of nitrogens with zero attached hydrogens (tertiary/aromatic N) is 4. The maximum Gasteiger partial charge on any atom is 0.353 e. The van der Waals surface area contributed by atoms with Gasteiger partial charge < -0.3 is 24.5 Å². The summed E-state index contributed by atoms with van der Waals surface area (Å²) >= 11 is 0. The van der Waals surface area contributed by atoms with Crippen molar-refractivity contribution >= 4 is 24.6 Å². The number of hydrogen-bond acceptors (Lipinski definition) is 7. The molecule has 0 saturated heterocycles. The van der Waals surface area contributed by atoms with Crippen LogP contribution in [-0.2, 0) is 20.4 Å². The van der Waals surface area contributed by atoms with E-state index in [-0.39, 0.29) is 18.6 Å². The molecule has 1 saturated carbocycles. The number of fused-ring (bicyclic) bond motifs is 1. The summed E-state index contributed by atoms with van der Waals surface area (Å²) in [5.41, 5.74) is 6.88. The highest BCUT2D eigenvalue weighted by Crippen LogP contribution is 2.46. The van der Waals surface area contributed by atoms with Crippen LogP contribution in [0.4, 0.5) is 5.82 Å². The SMILES string of the molecule is C[C@H](Cn1cnc2c(N)ncnc21)OCP(=O)(O)OC1CCCC1. The minimum absolute atomic E-state index is 0.128. The monoisotopic (exact) mass is 355 g/mol. The molecule has 2 aromatic heterocycles. The molecule has 24 heavy (non-hydrogen) atoms. The van der Waals surface area contributed by atoms with Crippen LogP contribution in [0.15, 0.2) is 12.7 Å². The van der Waals surface area contributed by atoms with E-state index in [0.717, 1.165) is 25.7 Å². The van der Waals surface area contributed by atoms with Gasteiger partial charge in [0.25, 0.3) is 0 Å². The van der Waals surface area contributed by atoms with Crippen molar-refractivity contribution < 1.29 is 18.7 Å². The number of anilines is 1. The number of rotatable bonds is 7. The smallest absolute Gasteiger partial charge is 0.353 e. The minimum Gasteiger partial charge on any atom is -0.382 e. The Bertz CT molecular complexity index is 746. The standard InChI is InChI=1S/C14H22N5O4P/c1-10(22-9-24(20,21)23-11-4-2-3-5-11)6-19-8-18-12-13(15)16-7-17-14(12)19/h7-8,10-11H,2-6,9H2,1H3,(H,20,21)(H2,15,16,17)/t10-/m1/s1. The first-order valence-corrected chi connectivity index (χ1v) is 9.74. The van der Waals surface area contributed by atoms with Gasteiger partial charge >= 0.3 is 7.60 Å². The van der Waals surface area contributed by atoms with Crippen LogP contribution in [-0.4, -0.2) is 43.0 Å². The number of imidazole rings is 1. The molecule has 132 valence electrons. The van der Waals surface area contributed by atoms with Crippen molar-refractivity contribution in [1.29, 1.82) is 0 Å². The van der Waals surface area contributed by atoms with Gasteiger partial charge in [0.1, 0.15) is 18.2 Å². The van der Waals surface area contributed by atoms with Crippen LogP contribution >= 0.6 is 7.60 Å². The number of nitrogens with two attached hydrogens (primary N) is 1. The Hall–Kier alpha value is -1.54. The summed E-state index contributed by atoms with van der Waals surface area (Å²) in [4.78, 5) is 22.1. The zero-order valence-electron chi connectivity index (χ0n) is 13.5. The summed E-state index contributed by atoms with van der Waals surface area (Å²) in [5, 5.41) is 0. The molecule has 1 unspecified atom stereocenters. The van der Waals surface area contributed by atoms with Crippen molar-refractivity contribution in [3.05, 3.63) is 12.7 Å². The van der Waals surface area contributed by atoms with Gasteiger partial charge in [-0.1, -0.05) is 12.8 Å². The van der Waals surface area contributed by atoms with E-state index < -0.39 is 7.60 Å². The molecule has 2 atom stereocenters. The lowest BCUT2D eigenvalue weighted by Gasteiger charge is -2.19. The van der Waals surface area contributed by atoms with E-state index in [0.29, 0.717) is 23.5 Å². The van der Waals surface area contributed by atoms with Crippen LogP contribution in [0.5, 0.6) is 0 Å². The first kappa shape index (κ1) is 17.3. The lowest BCUT2D eigenvalue weighted by molar-refractivity contribution is 0.0653. The molecule has 0 aliphatic heterocycles. The maximum absolute atomic E-state index is 12.1. The van der Waals surface area contributed by atoms with E-state index in [1.54, 1.807) is 10.9 Å². The van der Waals surface area contributed by atoms with Crippen LogP contribution < -0.4 is 5.73 Å². The largest absolute Gasteiger partial charge is 0.382 e. The fraction of sp³-hybridized carbons (Fsp3) is 0.643. The molecule has 1 aliphatic rings. The predicted octanol–water partition coefficient (Wildman–Crippen LogP) is 1.92. The normalized spacial score (nSPS) is 19.6. The fourth-order valence-corrected chi connectivity index (χ4v) is 4.02. The molecule has 2 aromatic rings. The highest BCUT2D eigenvalue weighted by molar-refractivity contribution is 7.52. The molecule has 9 nitrogen and oxygen atoms in total. The Balaban J connectivity index is 1.55. The summed E-state index contributed by atoms with van der Waals surface area (Å²) in [7, 11) is -3.73. The Morgan fingerprint density at radius 1 is 1.42 bits per heavy atom. The molecule has 1 aliphatic carbocycles. The molecule has 0 bridgehead atoms. The summed E-state index contributed by atoms with van der Waals surface area (Å²) < 4.78 is 24.7. The third-order valence-electron chi connectivity index (χ3n) is 4.02. The van der Waals surface area contributed by atoms with E-state index in [2.05, 4.69) is 15.0 Å². The van der Waals surface area contributed by atoms with E-state index in [4.69, 9.17) is 15.0 Å². The Morgan fingerprint density at radius 3 is 2.92 bits per heavy atom. The van der Waals surface area contributed by atoms with Gasteiger partial charge in [-0.2, -0.15) is 0 Å². The maximum atomic E-state index is 12.1. The first-order chi connectivity index (χ1) is 11.4. The van der Waals surface area contributed by atoms with E-state index in [9.17, 15) is 9.46 Å². The summed E-state index contributed by atoms with van der Waals surface area (Å²) in [6.07, 6.45) is 5.96. The van der Waals surface area contributed by atoms with Gasteiger partial charge in [-0.05, 0) is 19.8 Å². The molecule has 1 fully saturated rings. The molecule has 3 rings (SSSR count). The van der Waals surface area contributed by atoms with Crippen molar-refractivity contribution in [2.75, 3.05) is 12.1 Å². The Morgan fingerprint density at radius 2 is 2.17 bits per heavy atom. The van der Waals surface area contributed by atoms with Crippen molar-refractivity contribution in [3.8, 4) is 0 Å². The van der Waals surface area contributed by atoms with Crippen LogP contribution in [0.2, 0.25) is 0 Å². The van der Waals surface area contributed by atoms with Gasteiger partial charge in [0, 0.05) is 0 Å². The zero-order chi connectivity index (χ0) is 17.2. The molecule has 10 heteroatoms. The Labute approximate surface area is 139 Å². The van der Waals surface area contributed by atoms with Gasteiger partial charge in [0.2, 0.25) is 0 Å². The zero-order valence-corrected chi connectivity index (χ0v) is 14.4. The molecular formula is C14H22N5O4P. The molecule has 2 heterocycles. The highest BCUT2D eigenvalue weighted by Gasteiger charge is 2.28. The minimum atomic E-state index is -3.73. The molecular weight excluding hydrogens is 333 g/mol. The van der Waals surface area contributed by atoms with Crippen molar-refractivity contribution in [2.45, 2.75) is 51.4 Å². The van der Waals surface area contributed by atoms with Gasteiger partial charge in [-0.25, -0.2) is 15.0 Å². The summed E-state index contributed by atoms with van der Waals surface area (Å²) in [6, 6.07) is 0. The van der Waals surface area contributed by atoms with Crippen LogP contribution in [0, 0.1) is 0 Å². The second-order valence-corrected chi connectivity index (χ2v) is 7.83. The molecule has 0 aromatic carbocycles. The van der Waals surface area contributed by atoms with Gasteiger partial charge in [0.05, 0.1) is 25.1 Å². The highest BCUT2D eigenvalue weighted by atomic mass is 31.2. The lowest BCUT2D eigenvalue weighted by atomic mass is 10.3. The summed E-state index contributed by atoms with van der Waals surface area (Å²) in [6.45, 7) is 2.24. The van der Waals surface area contributed by atoms with Crippen LogP contribution in [0.1, 0.15) is 32.6 Å². The first-order valence-electron chi connectivity index (χ1n) is 7.98. The average Bonchev–Trinajstić information content (AvgIpc) is 3.16. The van der Waals surface area contributed by atoms with Crippen molar-refractivity contribution in [1.82, 2.24) is 19.5 Å². The van der Waals surface area contributed by atoms with Crippen molar-refractivity contribution in [3.63, 3.8) is 0 Å². The second kappa shape index (κ2) is 7.14. The van der Waals surface area contributed by atoms with E-state index in [1.807, 2.05) is 6.92 Å². The second-order valence-electron chi connectivity index (χ2n) is 6.08. The van der Waals surface area contributed by atoms with Crippen LogP contribution in [0.3, 0.4) is 0 Å².